The van der Waals surface area contributed by atoms with Gasteiger partial charge in [0.2, 0.25) is 5.88 Å². The first-order chi connectivity index (χ1) is 15.3. The number of anilines is 1. The van der Waals surface area contributed by atoms with E-state index in [1.54, 1.807) is 18.2 Å². The maximum atomic E-state index is 12.3. The van der Waals surface area contributed by atoms with Crippen LogP contribution in [0.2, 0.25) is 10.0 Å². The van der Waals surface area contributed by atoms with Gasteiger partial charge in [-0.1, -0.05) is 42.3 Å². The number of ether oxygens (including phenoxy) is 1. The second-order valence-electron chi connectivity index (χ2n) is 6.31. The van der Waals surface area contributed by atoms with Crippen LogP contribution in [-0.2, 0) is 48.8 Å². The number of amides is 1. The van der Waals surface area contributed by atoms with Crippen LogP contribution in [-0.4, -0.2) is 52.9 Å². The standard InChI is InChI=1S/C16H17Cl2N3O3.C4H9N2O2.Y/c1-2-14(24-16-13(18)7-11(17)9-20-16)15(22)19-8-10-4-3-5-12(6-10)21-23;5-1-2-6-3-4(7)8;/h3-7,9,14,21,23H,2,8H2,1H3,(H,19,22);5-6H,1-3H2,(H,7,8);/q;-1;. The Kier molecular flexibility index (Phi) is 17.1. The molecule has 1 atom stereocenters. The molecule has 2 aromatic rings. The molecule has 0 aliphatic rings. The molecule has 2 rings (SSSR count). The molecule has 0 aliphatic carbocycles. The van der Waals surface area contributed by atoms with Gasteiger partial charge >= 0.3 is 5.97 Å². The number of carboxylic acids is 1. The van der Waals surface area contributed by atoms with E-state index in [0.717, 1.165) is 5.56 Å². The van der Waals surface area contributed by atoms with Crippen molar-refractivity contribution in [2.75, 3.05) is 25.1 Å². The van der Waals surface area contributed by atoms with Gasteiger partial charge in [-0.25, -0.2) is 4.98 Å². The van der Waals surface area contributed by atoms with Gasteiger partial charge < -0.3 is 26.2 Å². The molecular weight excluding hydrogens is 550 g/mol. The number of nitrogens with one attached hydrogen (secondary N) is 4. The van der Waals surface area contributed by atoms with Gasteiger partial charge in [0.25, 0.3) is 5.91 Å². The number of carbonyl (C=O) groups excluding carboxylic acids is 1. The van der Waals surface area contributed by atoms with Crippen LogP contribution >= 0.6 is 23.2 Å². The van der Waals surface area contributed by atoms with Crippen molar-refractivity contribution in [1.29, 1.82) is 0 Å². The Bertz CT molecular complexity index is 878. The van der Waals surface area contributed by atoms with E-state index in [4.69, 9.17) is 44.0 Å². The molecule has 1 aromatic carbocycles. The summed E-state index contributed by atoms with van der Waals surface area (Å²) in [6, 6.07) is 8.53. The Morgan fingerprint density at radius 2 is 2.00 bits per heavy atom. The maximum Gasteiger partial charge on any atom is 0.317 e. The molecule has 1 heterocycles. The summed E-state index contributed by atoms with van der Waals surface area (Å²) in [6.07, 6.45) is 1.13. The molecule has 1 amide bonds. The van der Waals surface area contributed by atoms with Crippen molar-refractivity contribution in [3.05, 3.63) is 57.9 Å². The molecule has 13 heteroatoms. The zero-order chi connectivity index (χ0) is 23.9. The quantitative estimate of drug-likeness (QED) is 0.201. The van der Waals surface area contributed by atoms with E-state index < -0.39 is 12.1 Å². The number of carbonyl (C=O) groups is 2. The number of aromatic nitrogens is 1. The van der Waals surface area contributed by atoms with E-state index >= 15 is 0 Å². The SMILES string of the molecule is CCC(Oc1ncc(Cl)cc1Cl)C(=O)NCc1cccc(NO)c1.[NH-]CCNCC(=O)O.[Y]. The fourth-order valence-corrected chi connectivity index (χ4v) is 2.71. The molecule has 1 aromatic heterocycles. The molecular formula is C20H26Cl2N5O5Y-. The number of pyridine rings is 1. The minimum atomic E-state index is -0.876. The van der Waals surface area contributed by atoms with Crippen molar-refractivity contribution in [3.63, 3.8) is 0 Å². The van der Waals surface area contributed by atoms with Gasteiger partial charge in [0, 0.05) is 45.5 Å². The average Bonchev–Trinajstić information content (AvgIpc) is 2.77. The second-order valence-corrected chi connectivity index (χ2v) is 7.15. The third kappa shape index (κ3) is 13.1. The summed E-state index contributed by atoms with van der Waals surface area (Å²) in [4.78, 5) is 26.0. The molecule has 179 valence electrons. The zero-order valence-corrected chi connectivity index (χ0v) is 22.3. The van der Waals surface area contributed by atoms with Gasteiger partial charge in [-0.2, -0.15) is 0 Å². The summed E-state index contributed by atoms with van der Waals surface area (Å²) in [5.74, 6) is -0.999. The molecule has 0 fully saturated rings. The largest absolute Gasteiger partial charge is 0.676 e. The van der Waals surface area contributed by atoms with Crippen LogP contribution in [0.15, 0.2) is 36.5 Å². The molecule has 10 nitrogen and oxygen atoms in total. The summed E-state index contributed by atoms with van der Waals surface area (Å²) in [5, 5.41) is 22.9. The number of carboxylic acid groups (broad SMARTS) is 1. The first-order valence-electron chi connectivity index (χ1n) is 9.62. The van der Waals surface area contributed by atoms with E-state index in [2.05, 4.69) is 21.1 Å². The summed E-state index contributed by atoms with van der Waals surface area (Å²) in [6.45, 7) is 2.76. The third-order valence-electron chi connectivity index (χ3n) is 3.79. The summed E-state index contributed by atoms with van der Waals surface area (Å²) >= 11 is 11.8. The van der Waals surface area contributed by atoms with Crippen LogP contribution < -0.4 is 20.9 Å². The van der Waals surface area contributed by atoms with Crippen LogP contribution in [0.25, 0.3) is 5.73 Å². The average molecular weight is 576 g/mol. The predicted molar refractivity (Wildman–Crippen MR) is 122 cm³/mol. The van der Waals surface area contributed by atoms with Crippen LogP contribution in [0, 0.1) is 0 Å². The molecule has 33 heavy (non-hydrogen) atoms. The van der Waals surface area contributed by atoms with Crippen molar-refractivity contribution in [1.82, 2.24) is 15.6 Å². The monoisotopic (exact) mass is 575 g/mol. The normalized spacial score (nSPS) is 10.7. The Labute approximate surface area is 227 Å². The second kappa shape index (κ2) is 17.9. The number of hydrogen-bond acceptors (Lipinski definition) is 7. The van der Waals surface area contributed by atoms with Gasteiger partial charge in [0.1, 0.15) is 5.02 Å². The van der Waals surface area contributed by atoms with E-state index in [0.29, 0.717) is 30.2 Å². The first-order valence-corrected chi connectivity index (χ1v) is 10.4. The molecule has 1 unspecified atom stereocenters. The first kappa shape index (κ1) is 31.5. The van der Waals surface area contributed by atoms with E-state index in [1.807, 2.05) is 13.0 Å². The van der Waals surface area contributed by atoms with Crippen molar-refractivity contribution in [3.8, 4) is 5.88 Å². The number of hydrogen-bond donors (Lipinski definition) is 5. The third-order valence-corrected chi connectivity index (χ3v) is 4.27. The number of halogens is 2. The van der Waals surface area contributed by atoms with Crippen LogP contribution in [0.3, 0.4) is 0 Å². The Morgan fingerprint density at radius 1 is 1.27 bits per heavy atom. The smallest absolute Gasteiger partial charge is 0.317 e. The Balaban J connectivity index is 0.000000978. The fraction of sp³-hybridized carbons (Fsp3) is 0.350. The molecule has 0 saturated heterocycles. The molecule has 6 N–H and O–H groups in total. The van der Waals surface area contributed by atoms with Gasteiger partial charge in [0.05, 0.1) is 17.3 Å². The molecule has 1 radical (unpaired) electrons. The number of nitrogens with zero attached hydrogens (tertiary/aromatic N) is 1. The van der Waals surface area contributed by atoms with E-state index in [1.165, 1.54) is 12.3 Å². The summed E-state index contributed by atoms with van der Waals surface area (Å²) in [7, 11) is 0. The molecule has 0 spiro atoms. The van der Waals surface area contributed by atoms with Gasteiger partial charge in [-0.05, 0) is 36.7 Å². The van der Waals surface area contributed by atoms with Gasteiger partial charge in [0.15, 0.2) is 6.10 Å². The number of benzene rings is 1. The van der Waals surface area contributed by atoms with E-state index in [-0.39, 0.29) is 62.6 Å². The maximum absolute atomic E-state index is 12.3. The minimum Gasteiger partial charge on any atom is -0.676 e. The van der Waals surface area contributed by atoms with Crippen LogP contribution in [0.1, 0.15) is 18.9 Å². The summed E-state index contributed by atoms with van der Waals surface area (Å²) in [5.41, 5.74) is 10.0. The van der Waals surface area contributed by atoms with Crippen molar-refractivity contribution in [2.24, 2.45) is 0 Å². The molecule has 0 saturated carbocycles. The van der Waals surface area contributed by atoms with Crippen molar-refractivity contribution in [2.45, 2.75) is 26.0 Å². The zero-order valence-electron chi connectivity index (χ0n) is 18.0. The van der Waals surface area contributed by atoms with E-state index in [9.17, 15) is 9.59 Å². The number of aliphatic carboxylic acids is 1. The number of rotatable bonds is 11. The van der Waals surface area contributed by atoms with Crippen LogP contribution in [0.4, 0.5) is 5.69 Å². The van der Waals surface area contributed by atoms with Crippen LogP contribution in [0.5, 0.6) is 5.88 Å². The fourth-order valence-electron chi connectivity index (χ4n) is 2.28. The van der Waals surface area contributed by atoms with Crippen molar-refractivity contribution >= 4 is 40.8 Å². The predicted octanol–water partition coefficient (Wildman–Crippen LogP) is 3.37. The Hall–Kier alpha value is -1.53. The van der Waals surface area contributed by atoms with Crippen molar-refractivity contribution < 1.29 is 57.3 Å². The Morgan fingerprint density at radius 3 is 2.58 bits per heavy atom. The summed E-state index contributed by atoms with van der Waals surface area (Å²) < 4.78 is 5.58. The molecule has 0 aliphatic heterocycles. The van der Waals surface area contributed by atoms with Gasteiger partial charge in [-0.15, -0.1) is 6.54 Å². The van der Waals surface area contributed by atoms with Gasteiger partial charge in [-0.3, -0.25) is 20.3 Å². The molecule has 0 bridgehead atoms. The topological polar surface area (TPSA) is 157 Å². The minimum absolute atomic E-state index is 0.